The van der Waals surface area contributed by atoms with Crippen molar-refractivity contribution >= 4 is 0 Å². The minimum atomic E-state index is -0.0505. The van der Waals surface area contributed by atoms with Gasteiger partial charge < -0.3 is 0 Å². The molecule has 5 nitrogen and oxygen atoms in total. The molecule has 0 saturated carbocycles. The fourth-order valence-electron chi connectivity index (χ4n) is 1.76. The molecule has 2 rings (SSSR count). The van der Waals surface area contributed by atoms with Gasteiger partial charge in [0.2, 0.25) is 0 Å². The van der Waals surface area contributed by atoms with Gasteiger partial charge in [0.25, 0.3) is 0 Å². The van der Waals surface area contributed by atoms with E-state index in [1.807, 2.05) is 22.9 Å². The molecule has 0 fully saturated rings. The smallest absolute Gasteiger partial charge is 0.0879 e. The van der Waals surface area contributed by atoms with Gasteiger partial charge in [-0.2, -0.15) is 5.10 Å². The minimum absolute atomic E-state index is 0.0505. The Morgan fingerprint density at radius 3 is 2.69 bits per heavy atom. The molecule has 3 N–H and O–H groups in total. The molecule has 84 valence electrons. The number of hydrazine groups is 1. The van der Waals surface area contributed by atoms with Crippen molar-refractivity contribution in [1.29, 1.82) is 0 Å². The van der Waals surface area contributed by atoms with Crippen LogP contribution in [-0.2, 0) is 6.54 Å². The molecule has 0 aliphatic rings. The Morgan fingerprint density at radius 1 is 1.31 bits per heavy atom. The van der Waals surface area contributed by atoms with Gasteiger partial charge in [-0.15, -0.1) is 0 Å². The van der Waals surface area contributed by atoms with E-state index < -0.39 is 0 Å². The fourth-order valence-corrected chi connectivity index (χ4v) is 1.76. The van der Waals surface area contributed by atoms with Crippen LogP contribution in [0.4, 0.5) is 0 Å². The van der Waals surface area contributed by atoms with Crippen LogP contribution in [-0.4, -0.2) is 14.8 Å². The minimum Gasteiger partial charge on any atom is -0.271 e. The molecule has 0 saturated heterocycles. The number of hydrogen-bond acceptors (Lipinski definition) is 4. The molecule has 2 aromatic heterocycles. The highest BCUT2D eigenvalue weighted by atomic mass is 15.3. The first-order valence-electron chi connectivity index (χ1n) is 5.24. The lowest BCUT2D eigenvalue weighted by molar-refractivity contribution is 0.543. The van der Waals surface area contributed by atoms with E-state index in [1.165, 1.54) is 0 Å². The summed E-state index contributed by atoms with van der Waals surface area (Å²) in [6, 6.07) is 5.80. The highest BCUT2D eigenvalue weighted by Crippen LogP contribution is 2.19. The van der Waals surface area contributed by atoms with Crippen molar-refractivity contribution in [2.45, 2.75) is 19.5 Å². The second-order valence-corrected chi connectivity index (χ2v) is 3.45. The van der Waals surface area contributed by atoms with Crippen LogP contribution in [0.25, 0.3) is 0 Å². The largest absolute Gasteiger partial charge is 0.271 e. The van der Waals surface area contributed by atoms with Crippen LogP contribution in [0.5, 0.6) is 0 Å². The summed E-state index contributed by atoms with van der Waals surface area (Å²) in [5.74, 6) is 5.61. The molecule has 0 aliphatic carbocycles. The molecule has 0 radical (unpaired) electrons. The predicted molar refractivity (Wildman–Crippen MR) is 61.3 cm³/mol. The maximum Gasteiger partial charge on any atom is 0.0879 e. The van der Waals surface area contributed by atoms with Crippen LogP contribution in [0.1, 0.15) is 24.2 Å². The molecule has 1 atom stereocenters. The third kappa shape index (κ3) is 1.95. The van der Waals surface area contributed by atoms with E-state index in [4.69, 9.17) is 5.84 Å². The van der Waals surface area contributed by atoms with Crippen LogP contribution in [0.15, 0.2) is 36.8 Å². The van der Waals surface area contributed by atoms with Crippen molar-refractivity contribution in [3.8, 4) is 0 Å². The number of aryl methyl sites for hydroxylation is 1. The number of aromatic nitrogens is 3. The molecular weight excluding hydrogens is 202 g/mol. The first-order chi connectivity index (χ1) is 7.86. The maximum atomic E-state index is 5.61. The third-order valence-corrected chi connectivity index (χ3v) is 2.55. The Morgan fingerprint density at radius 2 is 2.06 bits per heavy atom. The number of rotatable bonds is 4. The van der Waals surface area contributed by atoms with E-state index in [0.717, 1.165) is 17.8 Å². The lowest BCUT2D eigenvalue weighted by Gasteiger charge is -2.17. The van der Waals surface area contributed by atoms with Crippen molar-refractivity contribution in [3.05, 3.63) is 48.0 Å². The van der Waals surface area contributed by atoms with E-state index >= 15 is 0 Å². The summed E-state index contributed by atoms with van der Waals surface area (Å²) in [4.78, 5) is 3.99. The molecule has 0 aromatic carbocycles. The number of nitrogens with zero attached hydrogens (tertiary/aromatic N) is 3. The van der Waals surface area contributed by atoms with Gasteiger partial charge in [-0.05, 0) is 30.7 Å². The first kappa shape index (κ1) is 10.8. The average Bonchev–Trinajstić information content (AvgIpc) is 2.80. The zero-order valence-corrected chi connectivity index (χ0v) is 9.17. The summed E-state index contributed by atoms with van der Waals surface area (Å²) in [5, 5.41) is 4.23. The highest BCUT2D eigenvalue weighted by molar-refractivity contribution is 5.25. The molecule has 0 amide bonds. The Labute approximate surface area is 94.3 Å². The van der Waals surface area contributed by atoms with Crippen molar-refractivity contribution in [1.82, 2.24) is 20.2 Å². The summed E-state index contributed by atoms with van der Waals surface area (Å²) in [5.41, 5.74) is 4.94. The second-order valence-electron chi connectivity index (χ2n) is 3.45. The third-order valence-electron chi connectivity index (χ3n) is 2.55. The van der Waals surface area contributed by atoms with Gasteiger partial charge in [-0.25, -0.2) is 5.43 Å². The average molecular weight is 217 g/mol. The highest BCUT2D eigenvalue weighted by Gasteiger charge is 2.15. The molecule has 0 bridgehead atoms. The summed E-state index contributed by atoms with van der Waals surface area (Å²) >= 11 is 0. The Bertz CT molecular complexity index is 437. The molecule has 1 unspecified atom stereocenters. The summed E-state index contributed by atoms with van der Waals surface area (Å²) in [6.45, 7) is 2.88. The zero-order chi connectivity index (χ0) is 11.4. The van der Waals surface area contributed by atoms with E-state index in [1.54, 1.807) is 18.6 Å². The normalized spacial score (nSPS) is 12.6. The Hall–Kier alpha value is -1.72. The van der Waals surface area contributed by atoms with Gasteiger partial charge in [0.15, 0.2) is 0 Å². The summed E-state index contributed by atoms with van der Waals surface area (Å²) < 4.78 is 1.92. The standard InChI is InChI=1S/C11H15N5/c1-2-16-10(5-8-14-16)11(15-12)9-3-6-13-7-4-9/h3-8,11,15H,2,12H2,1H3. The number of hydrogen-bond donors (Lipinski definition) is 2. The number of pyridine rings is 1. The van der Waals surface area contributed by atoms with E-state index in [9.17, 15) is 0 Å². The molecule has 5 heteroatoms. The lowest BCUT2D eigenvalue weighted by Crippen LogP contribution is -2.30. The molecule has 0 aliphatic heterocycles. The van der Waals surface area contributed by atoms with Gasteiger partial charge in [0, 0.05) is 25.1 Å². The molecule has 2 heterocycles. The van der Waals surface area contributed by atoms with E-state index in [2.05, 4.69) is 22.4 Å². The monoisotopic (exact) mass is 217 g/mol. The SMILES string of the molecule is CCn1nccc1C(NN)c1ccncc1. The van der Waals surface area contributed by atoms with Gasteiger partial charge in [0.05, 0.1) is 11.7 Å². The molecule has 2 aromatic rings. The summed E-state index contributed by atoms with van der Waals surface area (Å²) in [6.07, 6.45) is 5.29. The second kappa shape index (κ2) is 4.87. The van der Waals surface area contributed by atoms with Crippen LogP contribution in [0, 0.1) is 0 Å². The Balaban J connectivity index is 2.37. The van der Waals surface area contributed by atoms with Crippen molar-refractivity contribution < 1.29 is 0 Å². The van der Waals surface area contributed by atoms with E-state index in [-0.39, 0.29) is 6.04 Å². The van der Waals surface area contributed by atoms with Gasteiger partial charge in [-0.3, -0.25) is 15.5 Å². The topological polar surface area (TPSA) is 68.8 Å². The van der Waals surface area contributed by atoms with Crippen molar-refractivity contribution in [3.63, 3.8) is 0 Å². The van der Waals surface area contributed by atoms with Gasteiger partial charge >= 0.3 is 0 Å². The van der Waals surface area contributed by atoms with E-state index in [0.29, 0.717) is 0 Å². The number of nitrogens with one attached hydrogen (secondary N) is 1. The van der Waals surface area contributed by atoms with Crippen LogP contribution < -0.4 is 11.3 Å². The summed E-state index contributed by atoms with van der Waals surface area (Å²) in [7, 11) is 0. The lowest BCUT2D eigenvalue weighted by atomic mass is 10.1. The van der Waals surface area contributed by atoms with Gasteiger partial charge in [-0.1, -0.05) is 0 Å². The van der Waals surface area contributed by atoms with Crippen LogP contribution in [0.2, 0.25) is 0 Å². The molecule has 0 spiro atoms. The molecular formula is C11H15N5. The van der Waals surface area contributed by atoms with Gasteiger partial charge in [0.1, 0.15) is 0 Å². The van der Waals surface area contributed by atoms with Crippen LogP contribution in [0.3, 0.4) is 0 Å². The fraction of sp³-hybridized carbons (Fsp3) is 0.273. The number of nitrogens with two attached hydrogens (primary N) is 1. The van der Waals surface area contributed by atoms with Crippen LogP contribution >= 0.6 is 0 Å². The first-order valence-corrected chi connectivity index (χ1v) is 5.24. The zero-order valence-electron chi connectivity index (χ0n) is 9.17. The van der Waals surface area contributed by atoms with Crippen molar-refractivity contribution in [2.24, 2.45) is 5.84 Å². The van der Waals surface area contributed by atoms with Crippen molar-refractivity contribution in [2.75, 3.05) is 0 Å². The molecule has 16 heavy (non-hydrogen) atoms. The maximum absolute atomic E-state index is 5.61. The quantitative estimate of drug-likeness (QED) is 0.588. The predicted octanol–water partition coefficient (Wildman–Crippen LogP) is 0.851. The Kier molecular flexibility index (Phi) is 3.28.